The number of Topliss-reactive ketones (excluding diaryl/α,β-unsaturated/α-hetero) is 1. The van der Waals surface area contributed by atoms with Gasteiger partial charge in [0.05, 0.1) is 5.56 Å². The molecule has 1 atom stereocenters. The van der Waals surface area contributed by atoms with Crippen molar-refractivity contribution in [1.29, 1.82) is 0 Å². The van der Waals surface area contributed by atoms with Gasteiger partial charge in [0, 0.05) is 6.42 Å². The fraction of sp³-hybridized carbons (Fsp3) is 0.462. The lowest BCUT2D eigenvalue weighted by atomic mass is 9.96. The first-order valence-corrected chi connectivity index (χ1v) is 5.52. The van der Waals surface area contributed by atoms with Crippen molar-refractivity contribution in [2.24, 2.45) is 5.92 Å². The zero-order valence-electron chi connectivity index (χ0n) is 9.59. The quantitative estimate of drug-likeness (QED) is 0.694. The van der Waals surface area contributed by atoms with Crippen LogP contribution < -0.4 is 0 Å². The smallest absolute Gasteiger partial charge is 0.166 e. The lowest BCUT2D eigenvalue weighted by Crippen LogP contribution is -2.08. The van der Waals surface area contributed by atoms with Crippen molar-refractivity contribution < 1.29 is 13.6 Å². The topological polar surface area (TPSA) is 17.1 Å². The molecule has 3 heteroatoms. The Labute approximate surface area is 94.5 Å². The number of carbonyl (C=O) groups excluding carboxylic acids is 1. The minimum absolute atomic E-state index is 0.136. The summed E-state index contributed by atoms with van der Waals surface area (Å²) in [5.41, 5.74) is -0.136. The maximum atomic E-state index is 13.3. The molecule has 88 valence electrons. The van der Waals surface area contributed by atoms with E-state index in [4.69, 9.17) is 0 Å². The third kappa shape index (κ3) is 3.40. The van der Waals surface area contributed by atoms with E-state index in [9.17, 15) is 13.6 Å². The molecule has 0 aromatic heterocycles. The first-order valence-electron chi connectivity index (χ1n) is 5.52. The van der Waals surface area contributed by atoms with Gasteiger partial charge in [0.2, 0.25) is 0 Å². The Kier molecular flexibility index (Phi) is 4.59. The summed E-state index contributed by atoms with van der Waals surface area (Å²) in [6.07, 6.45) is 2.18. The monoisotopic (exact) mass is 226 g/mol. The Balaban J connectivity index is 2.76. The molecular formula is C13H16F2O. The van der Waals surface area contributed by atoms with Crippen LogP contribution in [0.1, 0.15) is 43.5 Å². The summed E-state index contributed by atoms with van der Waals surface area (Å²) in [5.74, 6) is -1.33. The van der Waals surface area contributed by atoms with Crippen LogP contribution in [0.5, 0.6) is 0 Å². The highest BCUT2D eigenvalue weighted by atomic mass is 19.1. The van der Waals surface area contributed by atoms with Crippen LogP contribution in [0.2, 0.25) is 0 Å². The fourth-order valence-corrected chi connectivity index (χ4v) is 1.73. The normalized spacial score (nSPS) is 12.5. The van der Waals surface area contributed by atoms with Crippen molar-refractivity contribution in [2.45, 2.75) is 33.1 Å². The van der Waals surface area contributed by atoms with Gasteiger partial charge in [-0.25, -0.2) is 8.78 Å². The van der Waals surface area contributed by atoms with Crippen LogP contribution in [-0.4, -0.2) is 5.78 Å². The lowest BCUT2D eigenvalue weighted by Gasteiger charge is -2.09. The van der Waals surface area contributed by atoms with Gasteiger partial charge in [0.15, 0.2) is 5.78 Å². The van der Waals surface area contributed by atoms with E-state index in [2.05, 4.69) is 0 Å². The Morgan fingerprint density at radius 3 is 2.69 bits per heavy atom. The van der Waals surface area contributed by atoms with Crippen molar-refractivity contribution in [3.05, 3.63) is 35.4 Å². The number of hydrogen-bond acceptors (Lipinski definition) is 1. The molecule has 0 saturated carbocycles. The van der Waals surface area contributed by atoms with Crippen LogP contribution >= 0.6 is 0 Å². The van der Waals surface area contributed by atoms with E-state index in [1.54, 1.807) is 0 Å². The Morgan fingerprint density at radius 1 is 1.38 bits per heavy atom. The summed E-state index contributed by atoms with van der Waals surface area (Å²) in [7, 11) is 0. The molecular weight excluding hydrogens is 210 g/mol. The van der Waals surface area contributed by atoms with Crippen molar-refractivity contribution >= 4 is 5.78 Å². The molecule has 0 saturated heterocycles. The molecule has 1 rings (SSSR count). The predicted octanol–water partition coefficient (Wildman–Crippen LogP) is 3.97. The standard InChI is InChI=1S/C13H16F2O/c1-3-4-9(2)7-13(16)11-8-10(14)5-6-12(11)15/h5-6,8-9H,3-4,7H2,1-2H3. The van der Waals surface area contributed by atoms with Crippen LogP contribution in [0.4, 0.5) is 8.78 Å². The molecule has 0 fully saturated rings. The van der Waals surface area contributed by atoms with Gasteiger partial charge in [-0.2, -0.15) is 0 Å². The van der Waals surface area contributed by atoms with Gasteiger partial charge in [-0.15, -0.1) is 0 Å². The van der Waals surface area contributed by atoms with Crippen LogP contribution in [0.15, 0.2) is 18.2 Å². The zero-order chi connectivity index (χ0) is 12.1. The van der Waals surface area contributed by atoms with Gasteiger partial charge in [-0.1, -0.05) is 26.7 Å². The lowest BCUT2D eigenvalue weighted by molar-refractivity contribution is 0.0958. The van der Waals surface area contributed by atoms with E-state index < -0.39 is 11.6 Å². The average molecular weight is 226 g/mol. The largest absolute Gasteiger partial charge is 0.294 e. The van der Waals surface area contributed by atoms with Crippen molar-refractivity contribution in [3.8, 4) is 0 Å². The third-order valence-corrected chi connectivity index (χ3v) is 2.54. The molecule has 1 aromatic rings. The van der Waals surface area contributed by atoms with Crippen molar-refractivity contribution in [1.82, 2.24) is 0 Å². The summed E-state index contributed by atoms with van der Waals surface area (Å²) < 4.78 is 26.1. The van der Waals surface area contributed by atoms with Crippen LogP contribution in [-0.2, 0) is 0 Å². The Hall–Kier alpha value is -1.25. The molecule has 0 aliphatic rings. The second kappa shape index (κ2) is 5.73. The maximum Gasteiger partial charge on any atom is 0.166 e. The zero-order valence-corrected chi connectivity index (χ0v) is 9.59. The van der Waals surface area contributed by atoms with Gasteiger partial charge < -0.3 is 0 Å². The first kappa shape index (κ1) is 12.8. The Morgan fingerprint density at radius 2 is 2.06 bits per heavy atom. The second-order valence-corrected chi connectivity index (χ2v) is 4.15. The second-order valence-electron chi connectivity index (χ2n) is 4.15. The van der Waals surface area contributed by atoms with E-state index in [-0.39, 0.29) is 23.7 Å². The molecule has 0 bridgehead atoms. The highest BCUT2D eigenvalue weighted by Crippen LogP contribution is 2.17. The Bertz CT molecular complexity index is 374. The number of halogens is 2. The summed E-state index contributed by atoms with van der Waals surface area (Å²) in [6.45, 7) is 3.97. The van der Waals surface area contributed by atoms with Gasteiger partial charge in [-0.3, -0.25) is 4.79 Å². The maximum absolute atomic E-state index is 13.3. The summed E-state index contributed by atoms with van der Waals surface area (Å²) in [6, 6.07) is 2.98. The molecule has 1 nitrogen and oxygen atoms in total. The molecule has 1 unspecified atom stereocenters. The predicted molar refractivity (Wildman–Crippen MR) is 59.4 cm³/mol. The minimum Gasteiger partial charge on any atom is -0.294 e. The molecule has 0 heterocycles. The number of ketones is 1. The van der Waals surface area contributed by atoms with Crippen LogP contribution in [0, 0.1) is 17.6 Å². The molecule has 0 spiro atoms. The molecule has 0 aliphatic heterocycles. The summed E-state index contributed by atoms with van der Waals surface area (Å²) in [5, 5.41) is 0. The van der Waals surface area contributed by atoms with E-state index >= 15 is 0 Å². The fourth-order valence-electron chi connectivity index (χ4n) is 1.73. The van der Waals surface area contributed by atoms with E-state index in [0.717, 1.165) is 31.0 Å². The average Bonchev–Trinajstić information content (AvgIpc) is 2.21. The van der Waals surface area contributed by atoms with E-state index in [1.807, 2.05) is 13.8 Å². The first-order chi connectivity index (χ1) is 7.54. The summed E-state index contributed by atoms with van der Waals surface area (Å²) in [4.78, 5) is 11.7. The molecule has 0 radical (unpaired) electrons. The van der Waals surface area contributed by atoms with Crippen LogP contribution in [0.25, 0.3) is 0 Å². The van der Waals surface area contributed by atoms with Gasteiger partial charge in [0.25, 0.3) is 0 Å². The van der Waals surface area contributed by atoms with E-state index in [0.29, 0.717) is 0 Å². The number of rotatable bonds is 5. The molecule has 16 heavy (non-hydrogen) atoms. The van der Waals surface area contributed by atoms with E-state index in [1.165, 1.54) is 0 Å². The molecule has 0 aliphatic carbocycles. The summed E-state index contributed by atoms with van der Waals surface area (Å²) >= 11 is 0. The molecule has 0 N–H and O–H groups in total. The highest BCUT2D eigenvalue weighted by Gasteiger charge is 2.15. The van der Waals surface area contributed by atoms with Gasteiger partial charge >= 0.3 is 0 Å². The minimum atomic E-state index is -0.643. The van der Waals surface area contributed by atoms with Crippen LogP contribution in [0.3, 0.4) is 0 Å². The number of benzene rings is 1. The SMILES string of the molecule is CCCC(C)CC(=O)c1cc(F)ccc1F. The van der Waals surface area contributed by atoms with Gasteiger partial charge in [-0.05, 0) is 24.1 Å². The van der Waals surface area contributed by atoms with Crippen molar-refractivity contribution in [2.75, 3.05) is 0 Å². The molecule has 0 amide bonds. The number of carbonyl (C=O) groups is 1. The third-order valence-electron chi connectivity index (χ3n) is 2.54. The highest BCUT2D eigenvalue weighted by molar-refractivity contribution is 5.96. The van der Waals surface area contributed by atoms with Crippen molar-refractivity contribution in [3.63, 3.8) is 0 Å². The van der Waals surface area contributed by atoms with Gasteiger partial charge in [0.1, 0.15) is 11.6 Å². The molecule has 1 aromatic carbocycles. The number of hydrogen-bond donors (Lipinski definition) is 0.